The maximum Gasteiger partial charge on any atom is 0.220 e. The summed E-state index contributed by atoms with van der Waals surface area (Å²) in [6.07, 6.45) is 6.88. The second-order valence-electron chi connectivity index (χ2n) is 7.25. The Labute approximate surface area is 160 Å². The van der Waals surface area contributed by atoms with Crippen LogP contribution in [0.3, 0.4) is 0 Å². The van der Waals surface area contributed by atoms with Gasteiger partial charge in [0.25, 0.3) is 0 Å². The maximum absolute atomic E-state index is 12.2. The van der Waals surface area contributed by atoms with Crippen LogP contribution in [-0.4, -0.2) is 41.4 Å². The van der Waals surface area contributed by atoms with Gasteiger partial charge in [0.1, 0.15) is 0 Å². The van der Waals surface area contributed by atoms with E-state index in [2.05, 4.69) is 22.0 Å². The third-order valence-electron chi connectivity index (χ3n) is 5.47. The summed E-state index contributed by atoms with van der Waals surface area (Å²) in [6.45, 7) is 2.96. The largest absolute Gasteiger partial charge is 0.352 e. The Kier molecular flexibility index (Phi) is 7.50. The lowest BCUT2D eigenvalue weighted by Gasteiger charge is -2.40. The van der Waals surface area contributed by atoms with Crippen molar-refractivity contribution < 1.29 is 4.79 Å². The quantitative estimate of drug-likeness (QED) is 0.796. The first-order chi connectivity index (χ1) is 12.2. The molecule has 0 saturated carbocycles. The average molecular weight is 381 g/mol. The number of thioether (sulfide) groups is 1. The fraction of sp³-hybridized carbons (Fsp3) is 0.650. The third kappa shape index (κ3) is 5.90. The third-order valence-corrected chi connectivity index (χ3v) is 6.89. The summed E-state index contributed by atoms with van der Waals surface area (Å²) in [5.74, 6) is 3.45. The number of nitrogens with zero attached hydrogens (tertiary/aromatic N) is 1. The lowest BCUT2D eigenvalue weighted by Crippen LogP contribution is -2.44. The molecule has 2 aliphatic rings. The molecule has 3 nitrogen and oxygen atoms in total. The van der Waals surface area contributed by atoms with Crippen molar-refractivity contribution in [2.45, 2.75) is 51.1 Å². The Hall–Kier alpha value is -0.710. The SMILES string of the molecule is O=C(CCC1CCCN(C2CCSCC2)C1)NCc1ccccc1Cl. The normalized spacial score (nSPS) is 22.7. The predicted molar refractivity (Wildman–Crippen MR) is 107 cm³/mol. The number of likely N-dealkylation sites (tertiary alicyclic amines) is 1. The molecule has 2 fully saturated rings. The highest BCUT2D eigenvalue weighted by Crippen LogP contribution is 2.28. The number of halogens is 1. The Morgan fingerprint density at radius 2 is 2.04 bits per heavy atom. The fourth-order valence-electron chi connectivity index (χ4n) is 3.97. The van der Waals surface area contributed by atoms with Gasteiger partial charge in [0.15, 0.2) is 0 Å². The van der Waals surface area contributed by atoms with Gasteiger partial charge in [-0.1, -0.05) is 29.8 Å². The van der Waals surface area contributed by atoms with Crippen LogP contribution >= 0.6 is 23.4 Å². The van der Waals surface area contributed by atoms with Crippen LogP contribution in [0.2, 0.25) is 5.02 Å². The van der Waals surface area contributed by atoms with Crippen LogP contribution in [0, 0.1) is 5.92 Å². The van der Waals surface area contributed by atoms with Gasteiger partial charge in [0, 0.05) is 30.6 Å². The molecule has 138 valence electrons. The summed E-state index contributed by atoms with van der Waals surface area (Å²) in [5, 5.41) is 3.73. The van der Waals surface area contributed by atoms with Gasteiger partial charge in [-0.25, -0.2) is 0 Å². The molecule has 2 saturated heterocycles. The van der Waals surface area contributed by atoms with Crippen molar-refractivity contribution in [1.29, 1.82) is 0 Å². The van der Waals surface area contributed by atoms with E-state index in [1.54, 1.807) is 0 Å². The Balaban J connectivity index is 1.38. The number of amides is 1. The van der Waals surface area contributed by atoms with Crippen LogP contribution in [0.25, 0.3) is 0 Å². The van der Waals surface area contributed by atoms with Crippen molar-refractivity contribution in [3.63, 3.8) is 0 Å². The van der Waals surface area contributed by atoms with Crippen molar-refractivity contribution in [3.05, 3.63) is 34.9 Å². The number of hydrogen-bond donors (Lipinski definition) is 1. The van der Waals surface area contributed by atoms with Crippen molar-refractivity contribution in [2.75, 3.05) is 24.6 Å². The smallest absolute Gasteiger partial charge is 0.220 e. The lowest BCUT2D eigenvalue weighted by atomic mass is 9.91. The minimum atomic E-state index is 0.145. The van der Waals surface area contributed by atoms with Crippen LogP contribution < -0.4 is 5.32 Å². The number of rotatable bonds is 6. The molecule has 3 rings (SSSR count). The summed E-state index contributed by atoms with van der Waals surface area (Å²) < 4.78 is 0. The highest BCUT2D eigenvalue weighted by molar-refractivity contribution is 7.99. The minimum Gasteiger partial charge on any atom is -0.352 e. The van der Waals surface area contributed by atoms with Crippen LogP contribution in [0.5, 0.6) is 0 Å². The minimum absolute atomic E-state index is 0.145. The summed E-state index contributed by atoms with van der Waals surface area (Å²) in [6, 6.07) is 8.48. The van der Waals surface area contributed by atoms with Crippen molar-refractivity contribution in [2.24, 2.45) is 5.92 Å². The van der Waals surface area contributed by atoms with Gasteiger partial charge >= 0.3 is 0 Å². The molecular formula is C20H29ClN2OS. The molecule has 1 aromatic rings. The van der Waals surface area contributed by atoms with E-state index in [0.717, 1.165) is 23.0 Å². The predicted octanol–water partition coefficient (Wildman–Crippen LogP) is 4.34. The molecule has 1 unspecified atom stereocenters. The number of carbonyl (C=O) groups is 1. The van der Waals surface area contributed by atoms with Gasteiger partial charge in [0.2, 0.25) is 5.91 Å². The van der Waals surface area contributed by atoms with Crippen LogP contribution in [0.4, 0.5) is 0 Å². The van der Waals surface area contributed by atoms with E-state index < -0.39 is 0 Å². The molecule has 5 heteroatoms. The molecule has 2 aliphatic heterocycles. The molecule has 0 spiro atoms. The van der Waals surface area contributed by atoms with Gasteiger partial charge in [-0.05, 0) is 67.7 Å². The van der Waals surface area contributed by atoms with Crippen molar-refractivity contribution >= 4 is 29.3 Å². The molecule has 2 heterocycles. The van der Waals surface area contributed by atoms with Gasteiger partial charge < -0.3 is 10.2 Å². The molecule has 1 N–H and O–H groups in total. The monoisotopic (exact) mass is 380 g/mol. The van der Waals surface area contributed by atoms with Gasteiger partial charge in [-0.2, -0.15) is 11.8 Å². The first-order valence-corrected chi connectivity index (χ1v) is 11.1. The van der Waals surface area contributed by atoms with Gasteiger partial charge in [-0.15, -0.1) is 0 Å². The second kappa shape index (κ2) is 9.84. The molecule has 1 aromatic carbocycles. The van der Waals surface area contributed by atoms with E-state index >= 15 is 0 Å². The molecule has 1 amide bonds. The summed E-state index contributed by atoms with van der Waals surface area (Å²) in [4.78, 5) is 14.9. The highest BCUT2D eigenvalue weighted by atomic mass is 35.5. The van der Waals surface area contributed by atoms with E-state index in [1.807, 2.05) is 24.3 Å². The Bertz CT molecular complexity index is 562. The number of piperidine rings is 1. The number of hydrogen-bond acceptors (Lipinski definition) is 3. The topological polar surface area (TPSA) is 32.3 Å². The van der Waals surface area contributed by atoms with E-state index in [-0.39, 0.29) is 5.91 Å². The molecule has 1 atom stereocenters. The fourth-order valence-corrected chi connectivity index (χ4v) is 5.26. The zero-order chi connectivity index (χ0) is 17.5. The lowest BCUT2D eigenvalue weighted by molar-refractivity contribution is -0.121. The van der Waals surface area contributed by atoms with E-state index in [0.29, 0.717) is 18.9 Å². The van der Waals surface area contributed by atoms with Crippen molar-refractivity contribution in [1.82, 2.24) is 10.2 Å². The van der Waals surface area contributed by atoms with Crippen LogP contribution in [0.1, 0.15) is 44.1 Å². The van der Waals surface area contributed by atoms with Gasteiger partial charge in [0.05, 0.1) is 0 Å². The zero-order valence-electron chi connectivity index (χ0n) is 14.9. The standard InChI is InChI=1S/C20H29ClN2OS/c21-19-6-2-1-5-17(19)14-22-20(24)8-7-16-4-3-11-23(15-16)18-9-12-25-13-10-18/h1-2,5-6,16,18H,3-4,7-15H2,(H,22,24). The molecule has 0 bridgehead atoms. The Morgan fingerprint density at radius 3 is 2.84 bits per heavy atom. The summed E-state index contributed by atoms with van der Waals surface area (Å²) in [5.41, 5.74) is 0.983. The van der Waals surface area contributed by atoms with Crippen LogP contribution in [-0.2, 0) is 11.3 Å². The molecule has 0 radical (unpaired) electrons. The zero-order valence-corrected chi connectivity index (χ0v) is 16.5. The highest BCUT2D eigenvalue weighted by Gasteiger charge is 2.27. The van der Waals surface area contributed by atoms with E-state index in [4.69, 9.17) is 11.6 Å². The summed E-state index contributed by atoms with van der Waals surface area (Å²) in [7, 11) is 0. The molecule has 0 aliphatic carbocycles. The number of nitrogens with one attached hydrogen (secondary N) is 1. The average Bonchev–Trinajstić information content (AvgIpc) is 2.67. The van der Waals surface area contributed by atoms with Gasteiger partial charge in [-0.3, -0.25) is 4.79 Å². The van der Waals surface area contributed by atoms with E-state index in [9.17, 15) is 4.79 Å². The summed E-state index contributed by atoms with van der Waals surface area (Å²) >= 11 is 8.23. The molecule has 0 aromatic heterocycles. The van der Waals surface area contributed by atoms with Crippen LogP contribution in [0.15, 0.2) is 24.3 Å². The molecule has 25 heavy (non-hydrogen) atoms. The van der Waals surface area contributed by atoms with Crippen molar-refractivity contribution in [3.8, 4) is 0 Å². The molecular weight excluding hydrogens is 352 g/mol. The first-order valence-electron chi connectivity index (χ1n) is 9.54. The maximum atomic E-state index is 12.2. The second-order valence-corrected chi connectivity index (χ2v) is 8.89. The number of benzene rings is 1. The first kappa shape index (κ1) is 19.1. The Morgan fingerprint density at radius 1 is 1.24 bits per heavy atom. The van der Waals surface area contributed by atoms with E-state index in [1.165, 1.54) is 50.3 Å². The number of carbonyl (C=O) groups excluding carboxylic acids is 1.